The lowest BCUT2D eigenvalue weighted by Gasteiger charge is -2.28. The maximum absolute atomic E-state index is 5.60. The first-order valence-electron chi connectivity index (χ1n) is 5.39. The summed E-state index contributed by atoms with van der Waals surface area (Å²) in [5.41, 5.74) is 1.11. The molecule has 0 aliphatic carbocycles. The van der Waals surface area contributed by atoms with Gasteiger partial charge < -0.3 is 9.47 Å². The minimum Gasteiger partial charge on any atom is -0.350 e. The fraction of sp³-hybridized carbons (Fsp3) is 0.462. The minimum atomic E-state index is -0.620. The summed E-state index contributed by atoms with van der Waals surface area (Å²) in [6.07, 6.45) is 2.00. The van der Waals surface area contributed by atoms with Crippen molar-refractivity contribution >= 4 is 0 Å². The molecule has 0 aliphatic rings. The van der Waals surface area contributed by atoms with Crippen LogP contribution in [0.1, 0.15) is 26.3 Å². The molecule has 0 saturated carbocycles. The number of hydrogen-bond acceptors (Lipinski definition) is 2. The molecule has 0 aliphatic heterocycles. The molecule has 1 rings (SSSR count). The standard InChI is InChI=1S/C13H19O2/c1-4-14-13(3,15-5-2)11-12-9-7-6-8-10-12/h6-11H,4-5H2,1-3H3. The molecule has 0 spiro atoms. The van der Waals surface area contributed by atoms with Gasteiger partial charge in [0.15, 0.2) is 5.79 Å². The van der Waals surface area contributed by atoms with E-state index in [0.717, 1.165) is 5.56 Å². The van der Waals surface area contributed by atoms with E-state index < -0.39 is 5.79 Å². The van der Waals surface area contributed by atoms with Gasteiger partial charge in [-0.3, -0.25) is 0 Å². The van der Waals surface area contributed by atoms with Crippen LogP contribution < -0.4 is 0 Å². The molecule has 1 aromatic rings. The Kier molecular flexibility index (Phi) is 4.79. The first kappa shape index (κ1) is 12.2. The number of rotatable bonds is 6. The molecule has 0 bridgehead atoms. The average Bonchev–Trinajstić information content (AvgIpc) is 2.19. The Morgan fingerprint density at radius 1 is 1.07 bits per heavy atom. The lowest BCUT2D eigenvalue weighted by atomic mass is 10.1. The molecule has 0 amide bonds. The van der Waals surface area contributed by atoms with Gasteiger partial charge in [-0.1, -0.05) is 30.3 Å². The van der Waals surface area contributed by atoms with Gasteiger partial charge in [0, 0.05) is 19.6 Å². The van der Waals surface area contributed by atoms with Gasteiger partial charge in [-0.15, -0.1) is 0 Å². The lowest BCUT2D eigenvalue weighted by molar-refractivity contribution is -0.195. The quantitative estimate of drug-likeness (QED) is 0.667. The highest BCUT2D eigenvalue weighted by atomic mass is 16.7. The van der Waals surface area contributed by atoms with E-state index in [4.69, 9.17) is 9.47 Å². The van der Waals surface area contributed by atoms with E-state index in [1.165, 1.54) is 0 Å². The number of hydrogen-bond donors (Lipinski definition) is 0. The Labute approximate surface area is 92.2 Å². The molecule has 15 heavy (non-hydrogen) atoms. The summed E-state index contributed by atoms with van der Waals surface area (Å²) < 4.78 is 11.2. The third kappa shape index (κ3) is 4.02. The summed E-state index contributed by atoms with van der Waals surface area (Å²) in [7, 11) is 0. The maximum atomic E-state index is 5.60. The molecule has 0 N–H and O–H groups in total. The maximum Gasteiger partial charge on any atom is 0.173 e. The SMILES string of the molecule is CCOC(C)([CH]c1ccccc1)OCC. The third-order valence-electron chi connectivity index (χ3n) is 2.09. The van der Waals surface area contributed by atoms with Crippen molar-refractivity contribution in [2.75, 3.05) is 13.2 Å². The van der Waals surface area contributed by atoms with E-state index >= 15 is 0 Å². The highest BCUT2D eigenvalue weighted by Gasteiger charge is 2.25. The molecular weight excluding hydrogens is 188 g/mol. The van der Waals surface area contributed by atoms with Crippen molar-refractivity contribution in [2.24, 2.45) is 0 Å². The van der Waals surface area contributed by atoms with Gasteiger partial charge in [0.1, 0.15) is 0 Å². The summed E-state index contributed by atoms with van der Waals surface area (Å²) in [5, 5.41) is 0. The van der Waals surface area contributed by atoms with Gasteiger partial charge in [0.2, 0.25) is 0 Å². The second kappa shape index (κ2) is 5.89. The van der Waals surface area contributed by atoms with Crippen molar-refractivity contribution in [3.63, 3.8) is 0 Å². The van der Waals surface area contributed by atoms with Gasteiger partial charge in [0.05, 0.1) is 0 Å². The molecule has 0 heterocycles. The molecule has 1 radical (unpaired) electrons. The van der Waals surface area contributed by atoms with Crippen LogP contribution in [0.2, 0.25) is 0 Å². The Morgan fingerprint density at radius 2 is 1.60 bits per heavy atom. The molecule has 1 aromatic carbocycles. The zero-order valence-corrected chi connectivity index (χ0v) is 9.69. The van der Waals surface area contributed by atoms with Crippen molar-refractivity contribution in [3.8, 4) is 0 Å². The summed E-state index contributed by atoms with van der Waals surface area (Å²) in [4.78, 5) is 0. The van der Waals surface area contributed by atoms with Gasteiger partial charge in [-0.2, -0.15) is 0 Å². The monoisotopic (exact) mass is 207 g/mol. The van der Waals surface area contributed by atoms with Gasteiger partial charge >= 0.3 is 0 Å². The summed E-state index contributed by atoms with van der Waals surface area (Å²) in [6.45, 7) is 7.15. The van der Waals surface area contributed by atoms with Crippen molar-refractivity contribution in [2.45, 2.75) is 26.6 Å². The summed E-state index contributed by atoms with van der Waals surface area (Å²) in [6, 6.07) is 10.1. The Balaban J connectivity index is 2.66. The Morgan fingerprint density at radius 3 is 2.07 bits per heavy atom. The summed E-state index contributed by atoms with van der Waals surface area (Å²) in [5.74, 6) is -0.620. The lowest BCUT2D eigenvalue weighted by Crippen LogP contribution is -2.33. The third-order valence-corrected chi connectivity index (χ3v) is 2.09. The summed E-state index contributed by atoms with van der Waals surface area (Å²) >= 11 is 0. The highest BCUT2D eigenvalue weighted by molar-refractivity contribution is 5.25. The largest absolute Gasteiger partial charge is 0.350 e. The molecular formula is C13H19O2. The molecule has 0 aromatic heterocycles. The molecule has 0 unspecified atom stereocenters. The van der Waals surface area contributed by atoms with Gasteiger partial charge in [-0.25, -0.2) is 0 Å². The van der Waals surface area contributed by atoms with Crippen LogP contribution in [-0.4, -0.2) is 19.0 Å². The van der Waals surface area contributed by atoms with E-state index in [2.05, 4.69) is 0 Å². The van der Waals surface area contributed by atoms with E-state index in [9.17, 15) is 0 Å². The van der Waals surface area contributed by atoms with E-state index in [0.29, 0.717) is 13.2 Å². The smallest absolute Gasteiger partial charge is 0.173 e. The van der Waals surface area contributed by atoms with Crippen LogP contribution in [0.5, 0.6) is 0 Å². The molecule has 0 saturated heterocycles. The zero-order chi connectivity index (χ0) is 11.1. The van der Waals surface area contributed by atoms with Crippen LogP contribution in [0.15, 0.2) is 30.3 Å². The van der Waals surface area contributed by atoms with Crippen molar-refractivity contribution < 1.29 is 9.47 Å². The second-order valence-electron chi connectivity index (χ2n) is 3.44. The first-order valence-corrected chi connectivity index (χ1v) is 5.39. The predicted octanol–water partition coefficient (Wildman–Crippen LogP) is 3.03. The highest BCUT2D eigenvalue weighted by Crippen LogP contribution is 2.21. The van der Waals surface area contributed by atoms with Crippen LogP contribution in [0, 0.1) is 6.42 Å². The molecule has 2 heteroatoms. The van der Waals surface area contributed by atoms with Gasteiger partial charge in [-0.05, 0) is 26.3 Å². The first-order chi connectivity index (χ1) is 7.20. The molecule has 0 fully saturated rings. The van der Waals surface area contributed by atoms with Crippen LogP contribution in [0.4, 0.5) is 0 Å². The molecule has 0 atom stereocenters. The number of benzene rings is 1. The van der Waals surface area contributed by atoms with E-state index in [-0.39, 0.29) is 0 Å². The average molecular weight is 207 g/mol. The fourth-order valence-corrected chi connectivity index (χ4v) is 1.55. The predicted molar refractivity (Wildman–Crippen MR) is 61.5 cm³/mol. The Bertz CT molecular complexity index is 263. The zero-order valence-electron chi connectivity index (χ0n) is 9.69. The van der Waals surface area contributed by atoms with Crippen LogP contribution in [0.3, 0.4) is 0 Å². The Hall–Kier alpha value is -0.860. The van der Waals surface area contributed by atoms with Crippen LogP contribution in [-0.2, 0) is 9.47 Å². The fourth-order valence-electron chi connectivity index (χ4n) is 1.55. The molecule has 83 valence electrons. The van der Waals surface area contributed by atoms with Crippen molar-refractivity contribution in [1.29, 1.82) is 0 Å². The minimum absolute atomic E-state index is 0.620. The normalized spacial score (nSPS) is 11.7. The van der Waals surface area contributed by atoms with Crippen molar-refractivity contribution in [3.05, 3.63) is 42.3 Å². The van der Waals surface area contributed by atoms with Crippen LogP contribution >= 0.6 is 0 Å². The van der Waals surface area contributed by atoms with E-state index in [1.54, 1.807) is 0 Å². The number of ether oxygens (including phenoxy) is 2. The van der Waals surface area contributed by atoms with Gasteiger partial charge in [0.25, 0.3) is 0 Å². The second-order valence-corrected chi connectivity index (χ2v) is 3.44. The topological polar surface area (TPSA) is 18.5 Å². The van der Waals surface area contributed by atoms with Crippen LogP contribution in [0.25, 0.3) is 0 Å². The van der Waals surface area contributed by atoms with Crippen molar-refractivity contribution in [1.82, 2.24) is 0 Å². The van der Waals surface area contributed by atoms with E-state index in [1.807, 2.05) is 57.5 Å². The molecule has 2 nitrogen and oxygen atoms in total.